The Morgan fingerprint density at radius 2 is 1.85 bits per heavy atom. The van der Waals surface area contributed by atoms with E-state index in [1.807, 2.05) is 60.5 Å². The van der Waals surface area contributed by atoms with Crippen LogP contribution in [0, 0.1) is 0 Å². The molecule has 0 unspecified atom stereocenters. The Morgan fingerprint density at radius 3 is 2.63 bits per heavy atom. The van der Waals surface area contributed by atoms with Crippen LogP contribution in [0.25, 0.3) is 10.9 Å². The van der Waals surface area contributed by atoms with Gasteiger partial charge in [-0.3, -0.25) is 9.59 Å². The molecule has 1 aliphatic heterocycles. The number of amides is 1. The van der Waals surface area contributed by atoms with E-state index in [4.69, 9.17) is 4.74 Å². The molecular formula is C22H22N2O3. The van der Waals surface area contributed by atoms with Gasteiger partial charge < -0.3 is 14.6 Å². The number of rotatable bonds is 4. The van der Waals surface area contributed by atoms with Crippen molar-refractivity contribution in [3.63, 3.8) is 0 Å². The minimum atomic E-state index is -0.561. The molecule has 1 aromatic heterocycles. The lowest BCUT2D eigenvalue weighted by molar-refractivity contribution is -0.144. The van der Waals surface area contributed by atoms with Gasteiger partial charge in [0.2, 0.25) is 0 Å². The molecule has 2 atom stereocenters. The first kappa shape index (κ1) is 17.3. The number of carbonyl (C=O) groups excluding carboxylic acids is 2. The zero-order valence-electron chi connectivity index (χ0n) is 15.4. The molecular weight excluding hydrogens is 340 g/mol. The average molecular weight is 362 g/mol. The van der Waals surface area contributed by atoms with E-state index in [1.165, 1.54) is 7.11 Å². The summed E-state index contributed by atoms with van der Waals surface area (Å²) in [5.41, 5.74) is 3.24. The Bertz CT molecular complexity index is 1010. The Balaban J connectivity index is 1.97. The van der Waals surface area contributed by atoms with Crippen LogP contribution in [0.2, 0.25) is 0 Å². The van der Waals surface area contributed by atoms with Crippen LogP contribution in [0.4, 0.5) is 0 Å². The Hall–Kier alpha value is -3.08. The first-order chi connectivity index (χ1) is 13.2. The highest BCUT2D eigenvalue weighted by Crippen LogP contribution is 2.45. The Labute approximate surface area is 157 Å². The lowest BCUT2D eigenvalue weighted by Gasteiger charge is -2.41. The molecule has 2 heterocycles. The van der Waals surface area contributed by atoms with Crippen molar-refractivity contribution in [1.29, 1.82) is 0 Å². The summed E-state index contributed by atoms with van der Waals surface area (Å²) in [6.45, 7) is 2.61. The fourth-order valence-electron chi connectivity index (χ4n) is 4.14. The number of hydrogen-bond donors (Lipinski definition) is 1. The molecule has 0 saturated heterocycles. The van der Waals surface area contributed by atoms with Crippen LogP contribution in [0.3, 0.4) is 0 Å². The highest BCUT2D eigenvalue weighted by molar-refractivity contribution is 6.01. The van der Waals surface area contributed by atoms with E-state index in [9.17, 15) is 9.59 Å². The van der Waals surface area contributed by atoms with Crippen molar-refractivity contribution < 1.29 is 14.3 Å². The predicted molar refractivity (Wildman–Crippen MR) is 104 cm³/mol. The summed E-state index contributed by atoms with van der Waals surface area (Å²) in [5, 5.41) is 1.02. The summed E-state index contributed by atoms with van der Waals surface area (Å²) in [7, 11) is 1.40. The number of ether oxygens (including phenoxy) is 1. The van der Waals surface area contributed by atoms with E-state index in [1.54, 1.807) is 6.07 Å². The second kappa shape index (κ2) is 6.91. The third-order valence-corrected chi connectivity index (χ3v) is 5.30. The van der Waals surface area contributed by atoms with E-state index >= 15 is 0 Å². The average Bonchev–Trinajstić information content (AvgIpc) is 3.13. The maximum atomic E-state index is 13.3. The third-order valence-electron chi connectivity index (χ3n) is 5.30. The number of nitrogens with one attached hydrogen (secondary N) is 1. The number of esters is 1. The largest absolute Gasteiger partial charge is 0.468 e. The van der Waals surface area contributed by atoms with Crippen LogP contribution in [0.15, 0.2) is 54.7 Å². The smallest absolute Gasteiger partial charge is 0.315 e. The molecule has 1 N–H and O–H groups in total. The fourth-order valence-corrected chi connectivity index (χ4v) is 4.14. The van der Waals surface area contributed by atoms with Gasteiger partial charge in [0.1, 0.15) is 5.92 Å². The summed E-state index contributed by atoms with van der Waals surface area (Å²) in [6, 6.07) is 14.9. The maximum Gasteiger partial charge on any atom is 0.315 e. The summed E-state index contributed by atoms with van der Waals surface area (Å²) < 4.78 is 5.16. The van der Waals surface area contributed by atoms with Gasteiger partial charge in [-0.25, -0.2) is 0 Å². The Morgan fingerprint density at radius 1 is 1.11 bits per heavy atom. The quantitative estimate of drug-likeness (QED) is 0.713. The van der Waals surface area contributed by atoms with Crippen LogP contribution in [-0.4, -0.2) is 35.4 Å². The zero-order chi connectivity index (χ0) is 19.0. The summed E-state index contributed by atoms with van der Waals surface area (Å²) in [4.78, 5) is 31.2. The second-order valence-electron chi connectivity index (χ2n) is 6.82. The number of benzene rings is 2. The third kappa shape index (κ3) is 2.70. The number of fused-ring (bicyclic) bond motifs is 2. The molecule has 5 heteroatoms. The van der Waals surface area contributed by atoms with Crippen LogP contribution in [-0.2, 0) is 9.53 Å². The highest BCUT2D eigenvalue weighted by atomic mass is 16.5. The van der Waals surface area contributed by atoms with E-state index < -0.39 is 12.0 Å². The number of methoxy groups -OCH3 is 1. The van der Waals surface area contributed by atoms with Crippen molar-refractivity contribution in [1.82, 2.24) is 9.88 Å². The SMILES string of the molecule is CCCN1C(=O)c2ccccc2[C@@H](C(=O)OC)[C@@H]1c1c[nH]c2ccccc12. The molecule has 1 amide bonds. The lowest BCUT2D eigenvalue weighted by Crippen LogP contribution is -2.45. The van der Waals surface area contributed by atoms with Gasteiger partial charge in [-0.1, -0.05) is 43.3 Å². The molecule has 4 rings (SSSR count). The number of hydrogen-bond acceptors (Lipinski definition) is 3. The molecule has 0 radical (unpaired) electrons. The molecule has 0 spiro atoms. The van der Waals surface area contributed by atoms with Crippen molar-refractivity contribution in [2.45, 2.75) is 25.3 Å². The predicted octanol–water partition coefficient (Wildman–Crippen LogP) is 4.03. The van der Waals surface area contributed by atoms with Crippen LogP contribution in [0.5, 0.6) is 0 Å². The topological polar surface area (TPSA) is 62.4 Å². The van der Waals surface area contributed by atoms with Crippen molar-refractivity contribution in [3.05, 3.63) is 71.4 Å². The van der Waals surface area contributed by atoms with Gasteiger partial charge in [0.15, 0.2) is 0 Å². The minimum absolute atomic E-state index is 0.0390. The van der Waals surface area contributed by atoms with Crippen molar-refractivity contribution >= 4 is 22.8 Å². The van der Waals surface area contributed by atoms with Crippen molar-refractivity contribution in [3.8, 4) is 0 Å². The maximum absolute atomic E-state index is 13.3. The van der Waals surface area contributed by atoms with Crippen molar-refractivity contribution in [2.24, 2.45) is 0 Å². The van der Waals surface area contributed by atoms with Gasteiger partial charge in [0.25, 0.3) is 5.91 Å². The molecule has 2 aromatic carbocycles. The normalized spacial score (nSPS) is 19.2. The zero-order valence-corrected chi connectivity index (χ0v) is 15.4. The molecule has 27 heavy (non-hydrogen) atoms. The number of nitrogens with zero attached hydrogens (tertiary/aromatic N) is 1. The number of carbonyl (C=O) groups is 2. The lowest BCUT2D eigenvalue weighted by atomic mass is 9.79. The first-order valence-corrected chi connectivity index (χ1v) is 9.21. The molecule has 3 aromatic rings. The van der Waals surface area contributed by atoms with Crippen LogP contribution >= 0.6 is 0 Å². The molecule has 0 bridgehead atoms. The van der Waals surface area contributed by atoms with E-state index in [0.717, 1.165) is 28.5 Å². The summed E-state index contributed by atoms with van der Waals surface area (Å²) in [6.07, 6.45) is 2.72. The summed E-state index contributed by atoms with van der Waals surface area (Å²) in [5.74, 6) is -0.927. The standard InChI is InChI=1S/C22H22N2O3/c1-3-12-24-20(17-13-23-18-11-7-6-8-14(17)18)19(22(26)27-2)15-9-4-5-10-16(15)21(24)25/h4-11,13,19-20,23H,3,12H2,1-2H3/t19-,20+/m1/s1. The molecule has 0 fully saturated rings. The van der Waals surface area contributed by atoms with Gasteiger partial charge in [0, 0.05) is 34.8 Å². The highest BCUT2D eigenvalue weighted by Gasteiger charge is 2.45. The van der Waals surface area contributed by atoms with Gasteiger partial charge >= 0.3 is 5.97 Å². The Kier molecular flexibility index (Phi) is 4.44. The monoisotopic (exact) mass is 362 g/mol. The van der Waals surface area contributed by atoms with E-state index in [-0.39, 0.29) is 11.9 Å². The van der Waals surface area contributed by atoms with Crippen LogP contribution < -0.4 is 0 Å². The number of H-pyrrole nitrogens is 1. The molecule has 5 nitrogen and oxygen atoms in total. The van der Waals surface area contributed by atoms with E-state index in [2.05, 4.69) is 4.98 Å². The molecule has 138 valence electrons. The molecule has 0 aliphatic carbocycles. The van der Waals surface area contributed by atoms with Gasteiger partial charge in [-0.2, -0.15) is 0 Å². The number of para-hydroxylation sites is 1. The van der Waals surface area contributed by atoms with Gasteiger partial charge in [-0.15, -0.1) is 0 Å². The second-order valence-corrected chi connectivity index (χ2v) is 6.82. The fraction of sp³-hybridized carbons (Fsp3) is 0.273. The molecule has 0 saturated carbocycles. The van der Waals surface area contributed by atoms with E-state index in [0.29, 0.717) is 12.1 Å². The number of aromatic amines is 1. The van der Waals surface area contributed by atoms with Crippen LogP contribution in [0.1, 0.15) is 46.8 Å². The van der Waals surface area contributed by atoms with Gasteiger partial charge in [0.05, 0.1) is 13.2 Å². The first-order valence-electron chi connectivity index (χ1n) is 9.21. The molecule has 1 aliphatic rings. The van der Waals surface area contributed by atoms with Gasteiger partial charge in [-0.05, 0) is 24.1 Å². The van der Waals surface area contributed by atoms with Crippen molar-refractivity contribution in [2.75, 3.05) is 13.7 Å². The minimum Gasteiger partial charge on any atom is -0.468 e. The summed E-state index contributed by atoms with van der Waals surface area (Å²) >= 11 is 0. The number of aromatic nitrogens is 1.